The van der Waals surface area contributed by atoms with Gasteiger partial charge in [-0.25, -0.2) is 26.7 Å². The number of rotatable bonds is 7. The number of sulfonamides is 2. The van der Waals surface area contributed by atoms with Crippen LogP contribution in [0.2, 0.25) is 0 Å². The quantitative estimate of drug-likeness (QED) is 0.727. The summed E-state index contributed by atoms with van der Waals surface area (Å²) in [6.07, 6.45) is 2.66. The molecule has 0 aliphatic rings. The SMILES string of the molecule is CCCCCNS(=O)(=O)c1cccc(S(N)(=O)=O)c1. The highest BCUT2D eigenvalue weighted by Gasteiger charge is 2.16. The normalized spacial score (nSPS) is 12.5. The van der Waals surface area contributed by atoms with Gasteiger partial charge in [0.25, 0.3) is 0 Å². The Morgan fingerprint density at radius 1 is 1.11 bits per heavy atom. The summed E-state index contributed by atoms with van der Waals surface area (Å²) in [6, 6.07) is 4.99. The number of nitrogens with two attached hydrogens (primary N) is 1. The predicted molar refractivity (Wildman–Crippen MR) is 72.5 cm³/mol. The molecular formula is C11H18N2O4S2. The number of primary sulfonamides is 1. The Kier molecular flexibility index (Phi) is 5.48. The van der Waals surface area contributed by atoms with E-state index in [9.17, 15) is 16.8 Å². The van der Waals surface area contributed by atoms with Crippen molar-refractivity contribution < 1.29 is 16.8 Å². The largest absolute Gasteiger partial charge is 0.240 e. The molecule has 0 amide bonds. The summed E-state index contributed by atoms with van der Waals surface area (Å²) in [5.41, 5.74) is 0. The van der Waals surface area contributed by atoms with Crippen LogP contribution in [0.5, 0.6) is 0 Å². The number of hydrogen-bond donors (Lipinski definition) is 2. The average molecular weight is 306 g/mol. The molecule has 0 fully saturated rings. The van der Waals surface area contributed by atoms with Crippen molar-refractivity contribution in [1.29, 1.82) is 0 Å². The van der Waals surface area contributed by atoms with Crippen molar-refractivity contribution in [3.63, 3.8) is 0 Å². The van der Waals surface area contributed by atoms with Crippen LogP contribution in [0.25, 0.3) is 0 Å². The second-order valence-electron chi connectivity index (χ2n) is 4.12. The van der Waals surface area contributed by atoms with Crippen LogP contribution in [0.4, 0.5) is 0 Å². The molecule has 19 heavy (non-hydrogen) atoms. The molecule has 0 aliphatic carbocycles. The van der Waals surface area contributed by atoms with Crippen LogP contribution in [0.15, 0.2) is 34.1 Å². The fraction of sp³-hybridized carbons (Fsp3) is 0.455. The molecule has 0 unspecified atom stereocenters. The van der Waals surface area contributed by atoms with E-state index in [-0.39, 0.29) is 9.79 Å². The first-order chi connectivity index (χ1) is 8.77. The minimum absolute atomic E-state index is 0.101. The molecule has 0 aliphatic heterocycles. The van der Waals surface area contributed by atoms with Gasteiger partial charge in [0.1, 0.15) is 0 Å². The van der Waals surface area contributed by atoms with Crippen LogP contribution in [0.3, 0.4) is 0 Å². The molecule has 0 saturated heterocycles. The van der Waals surface area contributed by atoms with Crippen molar-refractivity contribution in [1.82, 2.24) is 4.72 Å². The molecule has 0 aromatic heterocycles. The smallest absolute Gasteiger partial charge is 0.225 e. The maximum absolute atomic E-state index is 11.9. The lowest BCUT2D eigenvalue weighted by Gasteiger charge is -2.07. The molecule has 0 radical (unpaired) electrons. The monoisotopic (exact) mass is 306 g/mol. The van der Waals surface area contributed by atoms with Crippen LogP contribution in [0.1, 0.15) is 26.2 Å². The first kappa shape index (κ1) is 16.1. The summed E-state index contributed by atoms with van der Waals surface area (Å²) >= 11 is 0. The van der Waals surface area contributed by atoms with Crippen LogP contribution in [-0.2, 0) is 20.0 Å². The summed E-state index contributed by atoms with van der Waals surface area (Å²) in [7, 11) is -7.60. The molecular weight excluding hydrogens is 288 g/mol. The minimum atomic E-state index is -3.91. The van der Waals surface area contributed by atoms with Gasteiger partial charge in [-0.3, -0.25) is 0 Å². The molecule has 1 aromatic carbocycles. The van der Waals surface area contributed by atoms with Crippen LogP contribution in [-0.4, -0.2) is 23.4 Å². The lowest BCUT2D eigenvalue weighted by Crippen LogP contribution is -2.25. The Morgan fingerprint density at radius 2 is 1.74 bits per heavy atom. The molecule has 108 valence electrons. The summed E-state index contributed by atoms with van der Waals surface area (Å²) in [6.45, 7) is 2.35. The first-order valence-corrected chi connectivity index (χ1v) is 8.93. The Morgan fingerprint density at radius 3 is 2.32 bits per heavy atom. The summed E-state index contributed by atoms with van der Waals surface area (Å²) in [5.74, 6) is 0. The van der Waals surface area contributed by atoms with E-state index in [0.717, 1.165) is 25.3 Å². The fourth-order valence-corrected chi connectivity index (χ4v) is 3.24. The standard InChI is InChI=1S/C11H18N2O4S2/c1-2-3-4-8-13-19(16,17)11-7-5-6-10(9-11)18(12,14)15/h5-7,9,13H,2-4,8H2,1H3,(H2,12,14,15). The highest BCUT2D eigenvalue weighted by atomic mass is 32.2. The van der Waals surface area contributed by atoms with E-state index in [0.29, 0.717) is 6.54 Å². The van der Waals surface area contributed by atoms with E-state index in [1.807, 2.05) is 6.92 Å². The van der Waals surface area contributed by atoms with Crippen molar-refractivity contribution in [2.45, 2.75) is 36.0 Å². The fourth-order valence-electron chi connectivity index (χ4n) is 1.48. The summed E-state index contributed by atoms with van der Waals surface area (Å²) in [5, 5.41) is 4.97. The average Bonchev–Trinajstić information content (AvgIpc) is 2.34. The van der Waals surface area contributed by atoms with Crippen molar-refractivity contribution in [2.24, 2.45) is 5.14 Å². The van der Waals surface area contributed by atoms with Gasteiger partial charge in [0.05, 0.1) is 9.79 Å². The Balaban J connectivity index is 2.90. The zero-order valence-electron chi connectivity index (χ0n) is 10.7. The van der Waals surface area contributed by atoms with E-state index in [1.54, 1.807) is 0 Å². The van der Waals surface area contributed by atoms with E-state index in [4.69, 9.17) is 5.14 Å². The van der Waals surface area contributed by atoms with Crippen molar-refractivity contribution >= 4 is 20.0 Å². The third-order valence-electron chi connectivity index (χ3n) is 2.52. The summed E-state index contributed by atoms with van der Waals surface area (Å²) in [4.78, 5) is -0.320. The van der Waals surface area contributed by atoms with E-state index in [1.165, 1.54) is 18.2 Å². The minimum Gasteiger partial charge on any atom is -0.225 e. The van der Waals surface area contributed by atoms with Crippen molar-refractivity contribution in [3.8, 4) is 0 Å². The van der Waals surface area contributed by atoms with Gasteiger partial charge in [0.15, 0.2) is 0 Å². The van der Waals surface area contributed by atoms with Crippen LogP contribution in [0, 0.1) is 0 Å². The molecule has 0 spiro atoms. The van der Waals surface area contributed by atoms with Gasteiger partial charge in [-0.15, -0.1) is 0 Å². The molecule has 8 heteroatoms. The van der Waals surface area contributed by atoms with Gasteiger partial charge in [-0.1, -0.05) is 25.8 Å². The Hall–Kier alpha value is -0.960. The number of unbranched alkanes of at least 4 members (excludes halogenated alkanes) is 2. The molecule has 3 N–H and O–H groups in total. The lowest BCUT2D eigenvalue weighted by atomic mass is 10.3. The third-order valence-corrected chi connectivity index (χ3v) is 4.89. The lowest BCUT2D eigenvalue weighted by molar-refractivity contribution is 0.575. The van der Waals surface area contributed by atoms with Gasteiger partial charge in [0, 0.05) is 6.54 Å². The summed E-state index contributed by atoms with van der Waals surface area (Å²) < 4.78 is 48.6. The molecule has 0 heterocycles. The van der Waals surface area contributed by atoms with Gasteiger partial charge in [-0.2, -0.15) is 0 Å². The second-order valence-corrected chi connectivity index (χ2v) is 7.45. The molecule has 0 atom stereocenters. The topological polar surface area (TPSA) is 106 Å². The maximum atomic E-state index is 11.9. The highest BCUT2D eigenvalue weighted by Crippen LogP contribution is 2.14. The maximum Gasteiger partial charge on any atom is 0.240 e. The molecule has 1 rings (SSSR count). The zero-order valence-corrected chi connectivity index (χ0v) is 12.3. The number of hydrogen-bond acceptors (Lipinski definition) is 4. The van der Waals surface area contributed by atoms with Crippen LogP contribution >= 0.6 is 0 Å². The third kappa shape index (κ3) is 4.90. The van der Waals surface area contributed by atoms with Gasteiger partial charge in [0.2, 0.25) is 20.0 Å². The predicted octanol–water partition coefficient (Wildman–Crippen LogP) is 0.803. The van der Waals surface area contributed by atoms with Crippen molar-refractivity contribution in [3.05, 3.63) is 24.3 Å². The van der Waals surface area contributed by atoms with E-state index >= 15 is 0 Å². The van der Waals surface area contributed by atoms with Crippen LogP contribution < -0.4 is 9.86 Å². The van der Waals surface area contributed by atoms with E-state index < -0.39 is 20.0 Å². The molecule has 6 nitrogen and oxygen atoms in total. The van der Waals surface area contributed by atoms with Gasteiger partial charge in [-0.05, 0) is 24.6 Å². The van der Waals surface area contributed by atoms with Gasteiger partial charge < -0.3 is 0 Å². The molecule has 0 saturated carbocycles. The highest BCUT2D eigenvalue weighted by molar-refractivity contribution is 7.90. The first-order valence-electron chi connectivity index (χ1n) is 5.90. The van der Waals surface area contributed by atoms with E-state index in [2.05, 4.69) is 4.72 Å². The Bertz CT molecular complexity index is 624. The van der Waals surface area contributed by atoms with Gasteiger partial charge >= 0.3 is 0 Å². The second kappa shape index (κ2) is 6.47. The van der Waals surface area contributed by atoms with Crippen molar-refractivity contribution in [2.75, 3.05) is 6.54 Å². The zero-order chi connectivity index (χ0) is 14.5. The molecule has 1 aromatic rings. The Labute approximate surface area is 114 Å². The number of benzene rings is 1. The number of nitrogens with one attached hydrogen (secondary N) is 1. The molecule has 0 bridgehead atoms.